The van der Waals surface area contributed by atoms with Crippen LogP contribution in [-0.4, -0.2) is 14.2 Å². The van der Waals surface area contributed by atoms with Gasteiger partial charge in [0.2, 0.25) is 0 Å². The molecule has 0 amide bonds. The fourth-order valence-electron chi connectivity index (χ4n) is 1.99. The molecule has 0 spiro atoms. The van der Waals surface area contributed by atoms with Gasteiger partial charge in [0.25, 0.3) is 0 Å². The molecule has 0 N–H and O–H groups in total. The summed E-state index contributed by atoms with van der Waals surface area (Å²) in [6.07, 6.45) is 0. The maximum absolute atomic E-state index is 14.0. The van der Waals surface area contributed by atoms with Gasteiger partial charge in [0.05, 0.1) is 19.6 Å². The SMILES string of the molecule is COc1ccc(C(Cl)c2cc(Br)ccc2F)c(OC)c1Cl. The highest BCUT2D eigenvalue weighted by Crippen LogP contribution is 2.44. The van der Waals surface area contributed by atoms with Gasteiger partial charge in [0.15, 0.2) is 0 Å². The second-order valence-corrected chi connectivity index (χ2v) is 5.96. The van der Waals surface area contributed by atoms with Crippen LogP contribution in [0.4, 0.5) is 4.39 Å². The van der Waals surface area contributed by atoms with Crippen molar-refractivity contribution in [2.24, 2.45) is 0 Å². The Labute approximate surface area is 140 Å². The second kappa shape index (κ2) is 6.86. The number of halogens is 4. The van der Waals surface area contributed by atoms with E-state index in [1.165, 1.54) is 20.3 Å². The van der Waals surface area contributed by atoms with Gasteiger partial charge >= 0.3 is 0 Å². The molecule has 2 aromatic rings. The standard InChI is InChI=1S/C15H12BrCl2FO2/c1-20-12-6-4-9(15(21-2)14(12)18)13(17)10-7-8(16)3-5-11(10)19/h3-7,13H,1-2H3. The predicted molar refractivity (Wildman–Crippen MR) is 86.4 cm³/mol. The summed E-state index contributed by atoms with van der Waals surface area (Å²) in [7, 11) is 2.98. The Morgan fingerprint density at radius 2 is 1.81 bits per heavy atom. The number of rotatable bonds is 4. The zero-order valence-corrected chi connectivity index (χ0v) is 14.4. The van der Waals surface area contributed by atoms with Gasteiger partial charge in [-0.05, 0) is 30.3 Å². The van der Waals surface area contributed by atoms with Crippen LogP contribution in [0.5, 0.6) is 11.5 Å². The van der Waals surface area contributed by atoms with Gasteiger partial charge in [0, 0.05) is 15.6 Å². The van der Waals surface area contributed by atoms with Crippen LogP contribution in [-0.2, 0) is 0 Å². The summed E-state index contributed by atoms with van der Waals surface area (Å²) in [5, 5.41) is -0.431. The highest BCUT2D eigenvalue weighted by atomic mass is 79.9. The maximum atomic E-state index is 14.0. The summed E-state index contributed by atoms with van der Waals surface area (Å²) in [4.78, 5) is 0. The van der Waals surface area contributed by atoms with E-state index in [0.29, 0.717) is 27.6 Å². The molecule has 1 unspecified atom stereocenters. The van der Waals surface area contributed by atoms with Crippen LogP contribution in [0, 0.1) is 5.82 Å². The van der Waals surface area contributed by atoms with Gasteiger partial charge in [-0.1, -0.05) is 27.5 Å². The van der Waals surface area contributed by atoms with E-state index >= 15 is 0 Å². The Bertz CT molecular complexity index is 664. The van der Waals surface area contributed by atoms with Crippen molar-refractivity contribution in [2.75, 3.05) is 14.2 Å². The van der Waals surface area contributed by atoms with Gasteiger partial charge < -0.3 is 9.47 Å². The first-order valence-corrected chi connectivity index (χ1v) is 7.59. The van der Waals surface area contributed by atoms with Crippen LogP contribution in [0.15, 0.2) is 34.8 Å². The Morgan fingerprint density at radius 1 is 1.10 bits per heavy atom. The molecule has 0 heterocycles. The molecule has 6 heteroatoms. The molecule has 0 radical (unpaired) electrons. The van der Waals surface area contributed by atoms with E-state index in [0.717, 1.165) is 4.47 Å². The molecule has 21 heavy (non-hydrogen) atoms. The minimum absolute atomic E-state index is 0.304. The summed E-state index contributed by atoms with van der Waals surface area (Å²) >= 11 is 15.9. The molecule has 0 bridgehead atoms. The fourth-order valence-corrected chi connectivity index (χ4v) is 3.04. The minimum Gasteiger partial charge on any atom is -0.495 e. The average Bonchev–Trinajstić information content (AvgIpc) is 2.48. The zero-order chi connectivity index (χ0) is 15.6. The normalized spacial score (nSPS) is 12.1. The molecule has 0 fully saturated rings. The lowest BCUT2D eigenvalue weighted by molar-refractivity contribution is 0.391. The number of benzene rings is 2. The van der Waals surface area contributed by atoms with Crippen LogP contribution in [0.3, 0.4) is 0 Å². The van der Waals surface area contributed by atoms with Gasteiger partial charge in [0.1, 0.15) is 22.3 Å². The lowest BCUT2D eigenvalue weighted by atomic mass is 10.0. The topological polar surface area (TPSA) is 18.5 Å². The summed E-state index contributed by atoms with van der Waals surface area (Å²) in [5.74, 6) is 0.443. The van der Waals surface area contributed by atoms with E-state index in [1.54, 1.807) is 24.3 Å². The van der Waals surface area contributed by atoms with Gasteiger partial charge in [-0.25, -0.2) is 4.39 Å². The van der Waals surface area contributed by atoms with E-state index in [-0.39, 0.29) is 0 Å². The Balaban J connectivity index is 2.55. The number of methoxy groups -OCH3 is 2. The Kier molecular flexibility index (Phi) is 5.36. The predicted octanol–water partition coefficient (Wildman–Crippen LogP) is 5.59. The number of hydrogen-bond acceptors (Lipinski definition) is 2. The third kappa shape index (κ3) is 3.28. The van der Waals surface area contributed by atoms with Crippen molar-refractivity contribution in [2.45, 2.75) is 5.38 Å². The van der Waals surface area contributed by atoms with Crippen LogP contribution in [0.1, 0.15) is 16.5 Å². The molecule has 1 atom stereocenters. The molecule has 0 aliphatic heterocycles. The number of ether oxygens (including phenoxy) is 2. The van der Waals surface area contributed by atoms with Crippen LogP contribution >= 0.6 is 39.1 Å². The van der Waals surface area contributed by atoms with Crippen molar-refractivity contribution in [3.8, 4) is 11.5 Å². The maximum Gasteiger partial charge on any atom is 0.146 e. The molecule has 2 nitrogen and oxygen atoms in total. The Hall–Kier alpha value is -0.970. The number of alkyl halides is 1. The quantitative estimate of drug-likeness (QED) is 0.630. The lowest BCUT2D eigenvalue weighted by Gasteiger charge is -2.18. The first-order chi connectivity index (χ1) is 9.99. The molecule has 2 aromatic carbocycles. The van der Waals surface area contributed by atoms with Crippen LogP contribution in [0.2, 0.25) is 5.02 Å². The smallest absolute Gasteiger partial charge is 0.146 e. The van der Waals surface area contributed by atoms with E-state index in [1.807, 2.05) is 0 Å². The van der Waals surface area contributed by atoms with Crippen molar-refractivity contribution >= 4 is 39.1 Å². The van der Waals surface area contributed by atoms with E-state index in [2.05, 4.69) is 15.9 Å². The molecule has 0 saturated carbocycles. The Morgan fingerprint density at radius 3 is 2.43 bits per heavy atom. The highest BCUT2D eigenvalue weighted by Gasteiger charge is 2.23. The molecular weight excluding hydrogens is 382 g/mol. The van der Waals surface area contributed by atoms with Crippen molar-refractivity contribution in [3.05, 3.63) is 56.8 Å². The van der Waals surface area contributed by atoms with Crippen molar-refractivity contribution in [3.63, 3.8) is 0 Å². The minimum atomic E-state index is -0.735. The number of hydrogen-bond donors (Lipinski definition) is 0. The summed E-state index contributed by atoms with van der Waals surface area (Å²) in [5.41, 5.74) is 0.910. The molecule has 0 saturated heterocycles. The first kappa shape index (κ1) is 16.4. The molecule has 0 aliphatic rings. The largest absolute Gasteiger partial charge is 0.495 e. The summed E-state index contributed by atoms with van der Waals surface area (Å²) in [6, 6.07) is 7.98. The van der Waals surface area contributed by atoms with Crippen molar-refractivity contribution < 1.29 is 13.9 Å². The van der Waals surface area contributed by atoms with E-state index in [4.69, 9.17) is 32.7 Å². The molecular formula is C15H12BrCl2FO2. The van der Waals surface area contributed by atoms with Crippen molar-refractivity contribution in [1.82, 2.24) is 0 Å². The highest BCUT2D eigenvalue weighted by molar-refractivity contribution is 9.10. The summed E-state index contributed by atoms with van der Waals surface area (Å²) in [6.45, 7) is 0. The van der Waals surface area contributed by atoms with Gasteiger partial charge in [-0.15, -0.1) is 11.6 Å². The second-order valence-electron chi connectivity index (χ2n) is 4.23. The molecule has 0 aromatic heterocycles. The molecule has 0 aliphatic carbocycles. The first-order valence-electron chi connectivity index (χ1n) is 5.99. The average molecular weight is 394 g/mol. The fraction of sp³-hybridized carbons (Fsp3) is 0.200. The molecule has 2 rings (SSSR count). The third-order valence-corrected chi connectivity index (χ3v) is 4.34. The van der Waals surface area contributed by atoms with Crippen molar-refractivity contribution in [1.29, 1.82) is 0 Å². The van der Waals surface area contributed by atoms with Gasteiger partial charge in [-0.2, -0.15) is 0 Å². The monoisotopic (exact) mass is 392 g/mol. The van der Waals surface area contributed by atoms with Gasteiger partial charge in [-0.3, -0.25) is 0 Å². The van der Waals surface area contributed by atoms with Crippen LogP contribution < -0.4 is 9.47 Å². The van der Waals surface area contributed by atoms with E-state index in [9.17, 15) is 4.39 Å². The van der Waals surface area contributed by atoms with E-state index < -0.39 is 11.2 Å². The third-order valence-electron chi connectivity index (χ3n) is 3.02. The summed E-state index contributed by atoms with van der Waals surface area (Å²) < 4.78 is 25.2. The van der Waals surface area contributed by atoms with Crippen LogP contribution in [0.25, 0.3) is 0 Å². The molecule has 112 valence electrons. The zero-order valence-electron chi connectivity index (χ0n) is 11.3. The lowest BCUT2D eigenvalue weighted by Crippen LogP contribution is -2.01.